The van der Waals surface area contributed by atoms with Crippen LogP contribution in [0.3, 0.4) is 0 Å². The van der Waals surface area contributed by atoms with Gasteiger partial charge in [0.1, 0.15) is 5.69 Å². The second kappa shape index (κ2) is 8.29. The molecule has 3 atom stereocenters. The summed E-state index contributed by atoms with van der Waals surface area (Å²) in [4.78, 5) is 43.1. The van der Waals surface area contributed by atoms with E-state index in [2.05, 4.69) is 4.98 Å². The number of rotatable bonds is 5. The number of likely N-dealkylation sites (tertiary alicyclic amines) is 1. The van der Waals surface area contributed by atoms with E-state index in [9.17, 15) is 27.6 Å². The Morgan fingerprint density at radius 2 is 1.80 bits per heavy atom. The van der Waals surface area contributed by atoms with Crippen LogP contribution in [0.4, 0.5) is 13.2 Å². The van der Waals surface area contributed by atoms with Crippen molar-refractivity contribution in [2.45, 2.75) is 18.5 Å². The fourth-order valence-corrected chi connectivity index (χ4v) is 6.52. The molecule has 1 spiro atoms. The molecular weight excluding hydrogens is 537 g/mol. The van der Waals surface area contributed by atoms with Gasteiger partial charge in [0.2, 0.25) is 17.3 Å². The van der Waals surface area contributed by atoms with Gasteiger partial charge in [0.15, 0.2) is 17.1 Å². The molecule has 2 aliphatic carbocycles. The number of aromatic amines is 1. The molecule has 210 valence electrons. The van der Waals surface area contributed by atoms with Gasteiger partial charge in [0.05, 0.1) is 39.7 Å². The summed E-state index contributed by atoms with van der Waals surface area (Å²) < 4.78 is 68.7. The van der Waals surface area contributed by atoms with Crippen molar-refractivity contribution in [3.8, 4) is 17.2 Å². The summed E-state index contributed by atoms with van der Waals surface area (Å²) in [6.07, 6.45) is -3.79. The predicted molar refractivity (Wildman–Crippen MR) is 131 cm³/mol. The molecule has 40 heavy (non-hydrogen) atoms. The second-order valence-electron chi connectivity index (χ2n) is 9.86. The minimum Gasteiger partial charge on any atom is -0.493 e. The Hall–Kier alpha value is -4.42. The maximum absolute atomic E-state index is 14.0. The molecule has 1 N–H and O–H groups in total. The van der Waals surface area contributed by atoms with Crippen LogP contribution in [0.5, 0.6) is 17.2 Å². The number of carbonyl (C=O) groups is 3. The third-order valence-corrected chi connectivity index (χ3v) is 8.26. The van der Waals surface area contributed by atoms with E-state index in [0.29, 0.717) is 11.1 Å². The highest BCUT2D eigenvalue weighted by Gasteiger charge is 2.74. The first-order valence-electron chi connectivity index (χ1n) is 12.2. The zero-order valence-electron chi connectivity index (χ0n) is 21.9. The number of amides is 1. The van der Waals surface area contributed by atoms with Gasteiger partial charge in [0.25, 0.3) is 5.91 Å². The minimum atomic E-state index is -4.95. The van der Waals surface area contributed by atoms with Crippen LogP contribution in [0, 0.1) is 11.8 Å². The van der Waals surface area contributed by atoms with Crippen LogP contribution in [0.2, 0.25) is 0 Å². The predicted octanol–water partition coefficient (Wildman–Crippen LogP) is 4.33. The Labute approximate surface area is 224 Å². The molecule has 10 nitrogen and oxygen atoms in total. The number of allylic oxidation sites excluding steroid dienone is 2. The molecule has 1 saturated carbocycles. The topological polar surface area (TPSA) is 120 Å². The van der Waals surface area contributed by atoms with Crippen LogP contribution in [0.15, 0.2) is 28.3 Å². The Balaban J connectivity index is 1.47. The first kappa shape index (κ1) is 25.8. The normalized spacial score (nSPS) is 22.9. The molecule has 1 aromatic carbocycles. The number of hydrogen-bond donors (Lipinski definition) is 1. The monoisotopic (exact) mass is 560 g/mol. The van der Waals surface area contributed by atoms with Crippen molar-refractivity contribution in [1.29, 1.82) is 0 Å². The number of nitrogens with one attached hydrogen (secondary N) is 1. The van der Waals surface area contributed by atoms with Crippen molar-refractivity contribution >= 4 is 28.6 Å². The third-order valence-electron chi connectivity index (χ3n) is 8.26. The van der Waals surface area contributed by atoms with Gasteiger partial charge in [-0.25, -0.2) is 4.79 Å². The van der Waals surface area contributed by atoms with Gasteiger partial charge >= 0.3 is 12.1 Å². The first-order valence-corrected chi connectivity index (χ1v) is 12.2. The van der Waals surface area contributed by atoms with Crippen LogP contribution in [-0.2, 0) is 16.3 Å². The van der Waals surface area contributed by atoms with E-state index in [1.54, 1.807) is 6.07 Å². The Kier molecular flexibility index (Phi) is 5.36. The number of halogens is 3. The summed E-state index contributed by atoms with van der Waals surface area (Å²) in [5.41, 5.74) is -3.21. The van der Waals surface area contributed by atoms with Gasteiger partial charge in [-0.05, 0) is 24.0 Å². The van der Waals surface area contributed by atoms with Crippen LogP contribution in [0.25, 0.3) is 11.0 Å². The smallest absolute Gasteiger partial charge is 0.432 e. The molecule has 1 unspecified atom stereocenters. The number of benzene rings is 1. The average molecular weight is 560 g/mol. The van der Waals surface area contributed by atoms with Crippen molar-refractivity contribution in [1.82, 2.24) is 9.88 Å². The average Bonchev–Trinajstić information content (AvgIpc) is 3.37. The fourth-order valence-electron chi connectivity index (χ4n) is 6.52. The lowest BCUT2D eigenvalue weighted by Gasteiger charge is -2.29. The second-order valence-corrected chi connectivity index (χ2v) is 9.86. The molecule has 3 heterocycles. The maximum Gasteiger partial charge on any atom is 0.432 e. The highest BCUT2D eigenvalue weighted by molar-refractivity contribution is 6.12. The van der Waals surface area contributed by atoms with E-state index in [-0.39, 0.29) is 58.2 Å². The number of ether oxygens (including phenoxy) is 4. The lowest BCUT2D eigenvalue weighted by Crippen LogP contribution is -2.35. The molecule has 2 fully saturated rings. The highest BCUT2D eigenvalue weighted by atomic mass is 19.4. The number of fused-ring (bicyclic) bond motifs is 2. The number of aromatic nitrogens is 1. The lowest BCUT2D eigenvalue weighted by atomic mass is 9.81. The third kappa shape index (κ3) is 3.08. The number of alkyl halides is 3. The Bertz CT molecular complexity index is 1670. The van der Waals surface area contributed by atoms with Crippen molar-refractivity contribution in [2.24, 2.45) is 11.8 Å². The molecular formula is C27H23F3N2O8. The number of esters is 1. The van der Waals surface area contributed by atoms with E-state index in [0.717, 1.165) is 13.2 Å². The SMILES string of the molecule is COC(=O)c1c(C(F)(F)F)[nH]c2c1[C@]13C(=CC2=O)N(C(=O)c2cc4cc(OC)c(OC)c(OC)c4o2)CC1[C@H]3C. The molecule has 13 heteroatoms. The molecule has 0 bridgehead atoms. The number of H-pyrrole nitrogens is 1. The molecule has 3 aliphatic rings. The van der Waals surface area contributed by atoms with Crippen molar-refractivity contribution in [3.05, 3.63) is 52.2 Å². The number of hydrogen-bond acceptors (Lipinski definition) is 8. The molecule has 1 aliphatic heterocycles. The molecule has 1 saturated heterocycles. The highest BCUT2D eigenvalue weighted by Crippen LogP contribution is 2.71. The molecule has 6 rings (SSSR count). The van der Waals surface area contributed by atoms with E-state index < -0.39 is 40.5 Å². The van der Waals surface area contributed by atoms with E-state index in [1.807, 2.05) is 6.92 Å². The number of furan rings is 1. The van der Waals surface area contributed by atoms with Gasteiger partial charge in [-0.2, -0.15) is 13.2 Å². The lowest BCUT2D eigenvalue weighted by molar-refractivity contribution is -0.141. The minimum absolute atomic E-state index is 0.0808. The van der Waals surface area contributed by atoms with Gasteiger partial charge in [-0.1, -0.05) is 6.92 Å². The van der Waals surface area contributed by atoms with Crippen LogP contribution in [0.1, 0.15) is 49.6 Å². The molecule has 3 aromatic rings. The van der Waals surface area contributed by atoms with Crippen molar-refractivity contribution in [3.63, 3.8) is 0 Å². The Morgan fingerprint density at radius 1 is 1.10 bits per heavy atom. The largest absolute Gasteiger partial charge is 0.493 e. The van der Waals surface area contributed by atoms with Gasteiger partial charge in [-0.3, -0.25) is 9.59 Å². The zero-order chi connectivity index (χ0) is 28.9. The number of nitrogens with zero attached hydrogens (tertiary/aromatic N) is 1. The quantitative estimate of drug-likeness (QED) is 0.458. The fraction of sp³-hybridized carbons (Fsp3) is 0.370. The Morgan fingerprint density at radius 3 is 2.40 bits per heavy atom. The van der Waals surface area contributed by atoms with Crippen molar-refractivity contribution < 1.29 is 50.9 Å². The van der Waals surface area contributed by atoms with E-state index in [4.69, 9.17) is 23.4 Å². The first-order chi connectivity index (χ1) is 18.9. The van der Waals surface area contributed by atoms with Gasteiger partial charge < -0.3 is 33.2 Å². The van der Waals surface area contributed by atoms with Crippen molar-refractivity contribution in [2.75, 3.05) is 35.0 Å². The zero-order valence-corrected chi connectivity index (χ0v) is 21.9. The number of carbonyl (C=O) groups excluding carboxylic acids is 3. The van der Waals surface area contributed by atoms with Crippen LogP contribution >= 0.6 is 0 Å². The van der Waals surface area contributed by atoms with Gasteiger partial charge in [0, 0.05) is 34.7 Å². The van der Waals surface area contributed by atoms with Crippen LogP contribution < -0.4 is 14.2 Å². The summed E-state index contributed by atoms with van der Waals surface area (Å²) in [5.74, 6) is -2.48. The maximum atomic E-state index is 14.0. The molecule has 1 amide bonds. The van der Waals surface area contributed by atoms with Gasteiger partial charge in [-0.15, -0.1) is 0 Å². The summed E-state index contributed by atoms with van der Waals surface area (Å²) >= 11 is 0. The van der Waals surface area contributed by atoms with E-state index in [1.165, 1.54) is 32.3 Å². The number of piperidine rings is 1. The summed E-state index contributed by atoms with van der Waals surface area (Å²) in [7, 11) is 5.24. The van der Waals surface area contributed by atoms with E-state index >= 15 is 0 Å². The number of methoxy groups -OCH3 is 4. The molecule has 0 radical (unpaired) electrons. The summed E-state index contributed by atoms with van der Waals surface area (Å²) in [5, 5.41) is 0.481. The standard InChI is InChI=1S/C27H23F3N2O8/c1-10-12-9-32(24(34)15-7-11-6-14(36-2)21(37-3)22(38-4)20(11)40-15)16-8-13(33)19-18(26(10,12)16)17(25(35)39-5)23(31-19)27(28,29)30/h6-8,10,12,31H,9H2,1-5H3/t10-,12?,26+/m1/s1. The van der Waals surface area contributed by atoms with Crippen LogP contribution in [-0.4, -0.2) is 62.5 Å². The number of ketones is 1. The summed E-state index contributed by atoms with van der Waals surface area (Å²) in [6.45, 7) is 1.92. The molecule has 2 aromatic heterocycles. The summed E-state index contributed by atoms with van der Waals surface area (Å²) in [6, 6.07) is 3.09.